The molecule has 0 aliphatic carbocycles. The van der Waals surface area contributed by atoms with Gasteiger partial charge in [-0.3, -0.25) is 14.5 Å². The lowest BCUT2D eigenvalue weighted by molar-refractivity contribution is -0.137. The van der Waals surface area contributed by atoms with E-state index in [1.807, 2.05) is 80.4 Å². The fraction of sp³-hybridized carbons (Fsp3) is 0.391. The van der Waals surface area contributed by atoms with E-state index in [1.165, 1.54) is 0 Å². The van der Waals surface area contributed by atoms with E-state index in [2.05, 4.69) is 12.2 Å². The lowest BCUT2D eigenvalue weighted by Gasteiger charge is -2.31. The third-order valence-corrected chi connectivity index (χ3v) is 4.93. The van der Waals surface area contributed by atoms with Crippen molar-refractivity contribution in [2.24, 2.45) is 0 Å². The van der Waals surface area contributed by atoms with Crippen molar-refractivity contribution in [3.63, 3.8) is 0 Å². The SMILES string of the molecule is CCc1ccccc1NC(=O)CN(C)[C@@H](C(=O)N(CC)CC)c1ccccc1. The number of para-hydroxylation sites is 1. The molecule has 0 bridgehead atoms. The Morgan fingerprint density at radius 1 is 0.929 bits per heavy atom. The van der Waals surface area contributed by atoms with Crippen LogP contribution in [0.1, 0.15) is 37.9 Å². The number of carbonyl (C=O) groups excluding carboxylic acids is 2. The first-order chi connectivity index (χ1) is 13.5. The summed E-state index contributed by atoms with van der Waals surface area (Å²) in [5.74, 6) is -0.114. The molecule has 0 fully saturated rings. The van der Waals surface area contributed by atoms with Crippen LogP contribution in [0.2, 0.25) is 0 Å². The van der Waals surface area contributed by atoms with Crippen molar-refractivity contribution >= 4 is 17.5 Å². The van der Waals surface area contributed by atoms with Crippen molar-refractivity contribution in [1.82, 2.24) is 9.80 Å². The fourth-order valence-corrected chi connectivity index (χ4v) is 3.39. The second kappa shape index (κ2) is 10.6. The lowest BCUT2D eigenvalue weighted by atomic mass is 10.0. The summed E-state index contributed by atoms with van der Waals surface area (Å²) in [6.45, 7) is 7.41. The molecule has 1 N–H and O–H groups in total. The van der Waals surface area contributed by atoms with Gasteiger partial charge in [-0.25, -0.2) is 0 Å². The van der Waals surface area contributed by atoms with Crippen molar-refractivity contribution in [2.75, 3.05) is 32.0 Å². The molecule has 0 aliphatic rings. The van der Waals surface area contributed by atoms with Crippen molar-refractivity contribution in [2.45, 2.75) is 33.2 Å². The highest BCUT2D eigenvalue weighted by molar-refractivity contribution is 5.93. The number of nitrogens with zero attached hydrogens (tertiary/aromatic N) is 2. The van der Waals surface area contributed by atoms with Crippen LogP contribution in [0.15, 0.2) is 54.6 Å². The van der Waals surface area contributed by atoms with E-state index in [-0.39, 0.29) is 18.4 Å². The molecule has 2 aromatic carbocycles. The molecule has 5 heteroatoms. The summed E-state index contributed by atoms with van der Waals surface area (Å²) in [6, 6.07) is 16.9. The molecule has 0 spiro atoms. The summed E-state index contributed by atoms with van der Waals surface area (Å²) in [5.41, 5.74) is 2.82. The molecule has 0 saturated heterocycles. The van der Waals surface area contributed by atoms with Crippen LogP contribution in [0.4, 0.5) is 5.69 Å². The standard InChI is InChI=1S/C23H31N3O2/c1-5-18-13-11-12-16-20(18)24-21(27)17-25(4)22(19-14-9-8-10-15-19)23(28)26(6-2)7-3/h8-16,22H,5-7,17H2,1-4H3,(H,24,27)/t22-/m1/s1. The average molecular weight is 382 g/mol. The van der Waals surface area contributed by atoms with Gasteiger partial charge in [0, 0.05) is 18.8 Å². The van der Waals surface area contributed by atoms with Gasteiger partial charge in [0.1, 0.15) is 6.04 Å². The van der Waals surface area contributed by atoms with Crippen molar-refractivity contribution < 1.29 is 9.59 Å². The molecule has 0 saturated carbocycles. The van der Waals surface area contributed by atoms with E-state index < -0.39 is 6.04 Å². The number of carbonyl (C=O) groups is 2. The first kappa shape index (κ1) is 21.6. The van der Waals surface area contributed by atoms with Gasteiger partial charge in [0.15, 0.2) is 0 Å². The predicted molar refractivity (Wildman–Crippen MR) is 114 cm³/mol. The molecule has 1 atom stereocenters. The van der Waals surface area contributed by atoms with Gasteiger partial charge in [-0.05, 0) is 44.5 Å². The third kappa shape index (κ3) is 5.42. The van der Waals surface area contributed by atoms with Gasteiger partial charge in [-0.15, -0.1) is 0 Å². The maximum atomic E-state index is 13.1. The number of rotatable bonds is 9. The zero-order chi connectivity index (χ0) is 20.5. The largest absolute Gasteiger partial charge is 0.342 e. The topological polar surface area (TPSA) is 52.7 Å². The molecule has 0 radical (unpaired) electrons. The zero-order valence-electron chi connectivity index (χ0n) is 17.3. The molecule has 0 aliphatic heterocycles. The second-order valence-corrected chi connectivity index (χ2v) is 6.80. The second-order valence-electron chi connectivity index (χ2n) is 6.80. The highest BCUT2D eigenvalue weighted by Gasteiger charge is 2.29. The molecule has 0 heterocycles. The third-order valence-electron chi connectivity index (χ3n) is 4.93. The maximum absolute atomic E-state index is 13.1. The monoisotopic (exact) mass is 381 g/mol. The maximum Gasteiger partial charge on any atom is 0.244 e. The van der Waals surface area contributed by atoms with Crippen LogP contribution in [-0.4, -0.2) is 48.3 Å². The number of aryl methyl sites for hydroxylation is 1. The average Bonchev–Trinajstić information content (AvgIpc) is 2.70. The van der Waals surface area contributed by atoms with Gasteiger partial charge in [0.05, 0.1) is 6.54 Å². The predicted octanol–water partition coefficient (Wildman–Crippen LogP) is 3.73. The van der Waals surface area contributed by atoms with Gasteiger partial charge in [-0.2, -0.15) is 0 Å². The van der Waals surface area contributed by atoms with E-state index >= 15 is 0 Å². The fourth-order valence-electron chi connectivity index (χ4n) is 3.39. The van der Waals surface area contributed by atoms with Gasteiger partial charge in [-0.1, -0.05) is 55.5 Å². The number of amides is 2. The number of hydrogen-bond donors (Lipinski definition) is 1. The molecule has 150 valence electrons. The smallest absolute Gasteiger partial charge is 0.244 e. The quantitative estimate of drug-likeness (QED) is 0.720. The molecule has 28 heavy (non-hydrogen) atoms. The highest BCUT2D eigenvalue weighted by Crippen LogP contribution is 2.22. The number of nitrogens with one attached hydrogen (secondary N) is 1. The minimum Gasteiger partial charge on any atom is -0.342 e. The van der Waals surface area contributed by atoms with Crippen LogP contribution in [0, 0.1) is 0 Å². The number of benzene rings is 2. The molecule has 0 unspecified atom stereocenters. The van der Waals surface area contributed by atoms with E-state index in [1.54, 1.807) is 4.90 Å². The van der Waals surface area contributed by atoms with Crippen LogP contribution in [0.3, 0.4) is 0 Å². The van der Waals surface area contributed by atoms with Crippen molar-refractivity contribution in [3.8, 4) is 0 Å². The molecule has 2 rings (SSSR count). The Hall–Kier alpha value is -2.66. The minimum absolute atomic E-state index is 0.0143. The molecule has 2 amide bonds. The summed E-state index contributed by atoms with van der Waals surface area (Å²) in [6.07, 6.45) is 0.847. The Balaban J connectivity index is 2.19. The Kier molecular flexibility index (Phi) is 8.20. The summed E-state index contributed by atoms with van der Waals surface area (Å²) in [4.78, 5) is 29.4. The van der Waals surface area contributed by atoms with E-state index in [0.717, 1.165) is 23.2 Å². The number of anilines is 1. The van der Waals surface area contributed by atoms with E-state index in [4.69, 9.17) is 0 Å². The molecule has 5 nitrogen and oxygen atoms in total. The zero-order valence-corrected chi connectivity index (χ0v) is 17.3. The first-order valence-electron chi connectivity index (χ1n) is 9.93. The lowest BCUT2D eigenvalue weighted by Crippen LogP contribution is -2.44. The van der Waals surface area contributed by atoms with Crippen molar-refractivity contribution in [1.29, 1.82) is 0 Å². The van der Waals surface area contributed by atoms with Gasteiger partial charge in [0.2, 0.25) is 11.8 Å². The Morgan fingerprint density at radius 2 is 1.54 bits per heavy atom. The Labute approximate surface area is 168 Å². The molecular formula is C23H31N3O2. The minimum atomic E-state index is -0.492. The first-order valence-corrected chi connectivity index (χ1v) is 9.93. The molecule has 0 aromatic heterocycles. The number of hydrogen-bond acceptors (Lipinski definition) is 3. The van der Waals surface area contributed by atoms with Gasteiger partial charge in [0.25, 0.3) is 0 Å². The highest BCUT2D eigenvalue weighted by atomic mass is 16.2. The van der Waals surface area contributed by atoms with E-state index in [9.17, 15) is 9.59 Å². The summed E-state index contributed by atoms with van der Waals surface area (Å²) in [7, 11) is 1.82. The van der Waals surface area contributed by atoms with Gasteiger partial charge < -0.3 is 10.2 Å². The van der Waals surface area contributed by atoms with Crippen LogP contribution in [-0.2, 0) is 16.0 Å². The summed E-state index contributed by atoms with van der Waals surface area (Å²) < 4.78 is 0. The van der Waals surface area contributed by atoms with E-state index in [0.29, 0.717) is 13.1 Å². The van der Waals surface area contributed by atoms with Crippen molar-refractivity contribution in [3.05, 3.63) is 65.7 Å². The number of likely N-dealkylation sites (N-methyl/N-ethyl adjacent to an activating group) is 2. The Bertz CT molecular complexity index is 772. The molecule has 2 aromatic rings. The summed E-state index contributed by atoms with van der Waals surface area (Å²) >= 11 is 0. The van der Waals surface area contributed by atoms with Gasteiger partial charge >= 0.3 is 0 Å². The summed E-state index contributed by atoms with van der Waals surface area (Å²) in [5, 5.41) is 2.99. The molecular weight excluding hydrogens is 350 g/mol. The van der Waals surface area contributed by atoms with Crippen LogP contribution in [0.5, 0.6) is 0 Å². The Morgan fingerprint density at radius 3 is 2.14 bits per heavy atom. The van der Waals surface area contributed by atoms with Crippen LogP contribution < -0.4 is 5.32 Å². The normalized spacial score (nSPS) is 11.9. The van der Waals surface area contributed by atoms with Crippen LogP contribution >= 0.6 is 0 Å². The van der Waals surface area contributed by atoms with Crippen LogP contribution in [0.25, 0.3) is 0 Å².